The molecule has 0 radical (unpaired) electrons. The van der Waals surface area contributed by atoms with Crippen LogP contribution in [0.3, 0.4) is 0 Å². The van der Waals surface area contributed by atoms with Crippen molar-refractivity contribution in [2.45, 2.75) is 26.4 Å². The van der Waals surface area contributed by atoms with Crippen molar-refractivity contribution in [2.75, 3.05) is 18.1 Å². The van der Waals surface area contributed by atoms with Crippen molar-refractivity contribution in [3.05, 3.63) is 47.5 Å². The van der Waals surface area contributed by atoms with Gasteiger partial charge in [-0.25, -0.2) is 18.7 Å². The Labute approximate surface area is 160 Å². The first-order chi connectivity index (χ1) is 13.5. The van der Waals surface area contributed by atoms with Gasteiger partial charge < -0.3 is 19.5 Å². The van der Waals surface area contributed by atoms with Gasteiger partial charge in [-0.15, -0.1) is 0 Å². The summed E-state index contributed by atoms with van der Waals surface area (Å²) in [5.41, 5.74) is 1.01. The van der Waals surface area contributed by atoms with Crippen LogP contribution in [0.25, 0.3) is 5.65 Å². The minimum Gasteiger partial charge on any atom is -0.508 e. The standard InChI is InChI=1S/C19H19FN4O4/c1-3-27-19(26)14-7-21-24-9-16-18(22-17(14)24)23(11(2)10-28-16)8-12-6-13(20)4-5-15(12)25/h4-7,9,11,25H,3,8,10H2,1-2H3/t11-/m1/s1. The van der Waals surface area contributed by atoms with Gasteiger partial charge in [0.05, 0.1) is 25.0 Å². The lowest BCUT2D eigenvalue weighted by molar-refractivity contribution is 0.0528. The van der Waals surface area contributed by atoms with Crippen molar-refractivity contribution in [1.82, 2.24) is 14.6 Å². The maximum Gasteiger partial charge on any atom is 0.343 e. The molecule has 0 unspecified atom stereocenters. The second kappa shape index (κ2) is 6.99. The van der Waals surface area contributed by atoms with Crippen molar-refractivity contribution < 1.29 is 23.8 Å². The lowest BCUT2D eigenvalue weighted by Gasteiger charge is -2.35. The molecule has 1 N–H and O–H groups in total. The van der Waals surface area contributed by atoms with E-state index in [1.54, 1.807) is 13.1 Å². The molecular weight excluding hydrogens is 367 g/mol. The first kappa shape index (κ1) is 18.0. The third-order valence-corrected chi connectivity index (χ3v) is 4.60. The summed E-state index contributed by atoms with van der Waals surface area (Å²) in [4.78, 5) is 18.7. The number of hydrogen-bond acceptors (Lipinski definition) is 7. The molecule has 0 spiro atoms. The number of nitrogens with zero attached hydrogens (tertiary/aromatic N) is 4. The van der Waals surface area contributed by atoms with Gasteiger partial charge in [-0.1, -0.05) is 0 Å². The third-order valence-electron chi connectivity index (χ3n) is 4.60. The number of aromatic nitrogens is 3. The number of fused-ring (bicyclic) bond motifs is 2. The number of phenols is 1. The zero-order valence-corrected chi connectivity index (χ0v) is 15.4. The number of carbonyl (C=O) groups is 1. The van der Waals surface area contributed by atoms with Crippen molar-refractivity contribution in [3.8, 4) is 11.5 Å². The number of rotatable bonds is 4. The fourth-order valence-corrected chi connectivity index (χ4v) is 3.15. The Morgan fingerprint density at radius 1 is 1.46 bits per heavy atom. The van der Waals surface area contributed by atoms with Gasteiger partial charge in [-0.05, 0) is 32.0 Å². The van der Waals surface area contributed by atoms with Crippen LogP contribution in [0.2, 0.25) is 0 Å². The monoisotopic (exact) mass is 386 g/mol. The Morgan fingerprint density at radius 2 is 2.29 bits per heavy atom. The molecule has 4 rings (SSSR count). The summed E-state index contributed by atoms with van der Waals surface area (Å²) < 4.78 is 25.9. The van der Waals surface area contributed by atoms with Gasteiger partial charge in [-0.2, -0.15) is 5.10 Å². The fourth-order valence-electron chi connectivity index (χ4n) is 3.15. The minimum absolute atomic E-state index is 0.000662. The van der Waals surface area contributed by atoms with Crippen LogP contribution in [0.15, 0.2) is 30.6 Å². The molecule has 0 aliphatic carbocycles. The molecule has 3 aromatic rings. The number of hydrogen-bond donors (Lipinski definition) is 1. The first-order valence-electron chi connectivity index (χ1n) is 8.90. The Kier molecular flexibility index (Phi) is 4.50. The van der Waals surface area contributed by atoms with Crippen molar-refractivity contribution in [2.24, 2.45) is 0 Å². The van der Waals surface area contributed by atoms with Crippen molar-refractivity contribution in [1.29, 1.82) is 0 Å². The third kappa shape index (κ3) is 3.08. The Bertz CT molecular complexity index is 1050. The largest absolute Gasteiger partial charge is 0.508 e. The zero-order chi connectivity index (χ0) is 19.8. The van der Waals surface area contributed by atoms with E-state index in [0.717, 1.165) is 0 Å². The number of carbonyl (C=O) groups excluding carboxylic acids is 1. The van der Waals surface area contributed by atoms with Gasteiger partial charge in [-0.3, -0.25) is 0 Å². The van der Waals surface area contributed by atoms with Crippen molar-refractivity contribution in [3.63, 3.8) is 0 Å². The Morgan fingerprint density at radius 3 is 3.07 bits per heavy atom. The molecule has 8 nitrogen and oxygen atoms in total. The summed E-state index contributed by atoms with van der Waals surface area (Å²) in [5.74, 6) is 0.0297. The summed E-state index contributed by atoms with van der Waals surface area (Å²) in [6.45, 7) is 4.52. The first-order valence-corrected chi connectivity index (χ1v) is 8.90. The Hall–Kier alpha value is -3.36. The number of ether oxygens (including phenoxy) is 2. The van der Waals surface area contributed by atoms with Gasteiger partial charge in [0.2, 0.25) is 0 Å². The van der Waals surface area contributed by atoms with Crippen LogP contribution in [0.5, 0.6) is 11.5 Å². The summed E-state index contributed by atoms with van der Waals surface area (Å²) in [7, 11) is 0. The van der Waals surface area contributed by atoms with Crippen LogP contribution in [0, 0.1) is 5.82 Å². The average Bonchev–Trinajstić information content (AvgIpc) is 3.08. The Balaban J connectivity index is 1.78. The van der Waals surface area contributed by atoms with E-state index in [-0.39, 0.29) is 30.5 Å². The van der Waals surface area contributed by atoms with Gasteiger partial charge >= 0.3 is 5.97 Å². The predicted molar refractivity (Wildman–Crippen MR) is 98.1 cm³/mol. The van der Waals surface area contributed by atoms with E-state index in [9.17, 15) is 14.3 Å². The molecule has 146 valence electrons. The fraction of sp³-hybridized carbons (Fsp3) is 0.316. The van der Waals surface area contributed by atoms with Gasteiger partial charge in [0.15, 0.2) is 17.2 Å². The summed E-state index contributed by atoms with van der Waals surface area (Å²) >= 11 is 0. The molecule has 0 saturated heterocycles. The summed E-state index contributed by atoms with van der Waals surface area (Å²) in [6.07, 6.45) is 3.04. The van der Waals surface area contributed by atoms with Crippen LogP contribution in [0.1, 0.15) is 29.8 Å². The topological polar surface area (TPSA) is 89.2 Å². The van der Waals surface area contributed by atoms with Gasteiger partial charge in [0.1, 0.15) is 23.7 Å². The maximum absolute atomic E-state index is 13.6. The van der Waals surface area contributed by atoms with Crippen LogP contribution in [-0.4, -0.2) is 44.9 Å². The molecule has 1 atom stereocenters. The summed E-state index contributed by atoms with van der Waals surface area (Å²) in [5, 5.41) is 14.2. The van der Waals surface area contributed by atoms with Crippen LogP contribution < -0.4 is 9.64 Å². The van der Waals surface area contributed by atoms with E-state index >= 15 is 0 Å². The van der Waals surface area contributed by atoms with E-state index < -0.39 is 11.8 Å². The molecule has 0 fully saturated rings. The number of anilines is 1. The number of aromatic hydroxyl groups is 1. The molecule has 1 aromatic carbocycles. The van der Waals surface area contributed by atoms with E-state index in [1.807, 2.05) is 11.8 Å². The molecule has 9 heteroatoms. The van der Waals surface area contributed by atoms with Crippen LogP contribution >= 0.6 is 0 Å². The maximum atomic E-state index is 13.6. The van der Waals surface area contributed by atoms with E-state index in [2.05, 4.69) is 10.1 Å². The highest BCUT2D eigenvalue weighted by molar-refractivity contribution is 5.95. The van der Waals surface area contributed by atoms with E-state index in [4.69, 9.17) is 9.47 Å². The number of esters is 1. The SMILES string of the molecule is CCOC(=O)c1cnn2cc3c(nc12)N(Cc1cc(F)ccc1O)[C@H](C)CO3. The second-order valence-corrected chi connectivity index (χ2v) is 6.54. The highest BCUT2D eigenvalue weighted by atomic mass is 19.1. The van der Waals surface area contributed by atoms with E-state index in [0.29, 0.717) is 29.4 Å². The van der Waals surface area contributed by atoms with Crippen LogP contribution in [0.4, 0.5) is 10.2 Å². The quantitative estimate of drug-likeness (QED) is 0.689. The minimum atomic E-state index is -0.510. The highest BCUT2D eigenvalue weighted by Gasteiger charge is 2.29. The van der Waals surface area contributed by atoms with Crippen molar-refractivity contribution >= 4 is 17.4 Å². The van der Waals surface area contributed by atoms with Crippen LogP contribution in [-0.2, 0) is 11.3 Å². The molecule has 1 aliphatic rings. The molecule has 0 bridgehead atoms. The number of phenolic OH excluding ortho intramolecular Hbond substituents is 1. The van der Waals surface area contributed by atoms with Gasteiger partial charge in [0, 0.05) is 12.1 Å². The molecule has 0 amide bonds. The number of halogens is 1. The molecule has 2 aromatic heterocycles. The highest BCUT2D eigenvalue weighted by Crippen LogP contribution is 2.35. The molecule has 0 saturated carbocycles. The lowest BCUT2D eigenvalue weighted by atomic mass is 10.1. The smallest absolute Gasteiger partial charge is 0.343 e. The normalized spacial score (nSPS) is 16.0. The average molecular weight is 386 g/mol. The zero-order valence-electron chi connectivity index (χ0n) is 15.4. The second-order valence-electron chi connectivity index (χ2n) is 6.54. The number of benzene rings is 1. The molecule has 28 heavy (non-hydrogen) atoms. The molecular formula is C19H19FN4O4. The lowest BCUT2D eigenvalue weighted by Crippen LogP contribution is -2.41. The molecule has 3 heterocycles. The molecule has 1 aliphatic heterocycles. The predicted octanol–water partition coefficient (Wildman–Crippen LogP) is 2.54. The van der Waals surface area contributed by atoms with Gasteiger partial charge in [0.25, 0.3) is 0 Å². The summed E-state index contributed by atoms with van der Waals surface area (Å²) in [6, 6.07) is 3.73. The van der Waals surface area contributed by atoms with E-state index in [1.165, 1.54) is 28.9 Å².